The fourth-order valence-electron chi connectivity index (χ4n) is 1.76. The highest BCUT2D eigenvalue weighted by Crippen LogP contribution is 2.17. The summed E-state index contributed by atoms with van der Waals surface area (Å²) in [5.41, 5.74) is 1.11. The Morgan fingerprint density at radius 1 is 1.33 bits per heavy atom. The maximum absolute atomic E-state index is 8.53. The van der Waals surface area contributed by atoms with Crippen LogP contribution in [0.2, 0.25) is 0 Å². The van der Waals surface area contributed by atoms with Crippen LogP contribution in [0.3, 0.4) is 0 Å². The smallest absolute Gasteiger partial charge is 0.174 e. The van der Waals surface area contributed by atoms with Crippen LogP contribution in [0.1, 0.15) is 32.3 Å². The summed E-state index contributed by atoms with van der Waals surface area (Å²) in [7, 11) is 0. The van der Waals surface area contributed by atoms with Gasteiger partial charge in [0.05, 0.1) is 0 Å². The zero-order chi connectivity index (χ0) is 13.2. The van der Waals surface area contributed by atoms with Gasteiger partial charge in [0.1, 0.15) is 11.8 Å². The number of nitriles is 1. The fourth-order valence-corrected chi connectivity index (χ4v) is 1.76. The largest absolute Gasteiger partial charge is 0.478 e. The first-order valence-electron chi connectivity index (χ1n) is 6.52. The van der Waals surface area contributed by atoms with E-state index >= 15 is 0 Å². The van der Waals surface area contributed by atoms with Gasteiger partial charge >= 0.3 is 0 Å². The Balaban J connectivity index is 2.35. The fraction of sp³-hybridized carbons (Fsp3) is 0.533. The summed E-state index contributed by atoms with van der Waals surface area (Å²) in [6.45, 7) is 6.39. The first-order valence-corrected chi connectivity index (χ1v) is 6.52. The Hall–Kier alpha value is -1.53. The van der Waals surface area contributed by atoms with Crippen molar-refractivity contribution in [2.24, 2.45) is 5.92 Å². The third-order valence-corrected chi connectivity index (χ3v) is 2.72. The van der Waals surface area contributed by atoms with Gasteiger partial charge in [-0.1, -0.05) is 32.0 Å². The number of nitrogens with zero attached hydrogens (tertiary/aromatic N) is 1. The second-order valence-electron chi connectivity index (χ2n) is 4.77. The molecule has 1 aromatic carbocycles. The second-order valence-corrected chi connectivity index (χ2v) is 4.77. The summed E-state index contributed by atoms with van der Waals surface area (Å²) in [6.07, 6.45) is 2.44. The van der Waals surface area contributed by atoms with E-state index in [1.807, 2.05) is 30.3 Å². The summed E-state index contributed by atoms with van der Waals surface area (Å²) in [6, 6.07) is 9.84. The van der Waals surface area contributed by atoms with E-state index < -0.39 is 0 Å². The molecule has 3 nitrogen and oxygen atoms in total. The van der Waals surface area contributed by atoms with E-state index in [4.69, 9.17) is 10.00 Å². The van der Waals surface area contributed by atoms with Crippen molar-refractivity contribution in [1.29, 1.82) is 5.26 Å². The minimum Gasteiger partial charge on any atom is -0.478 e. The summed E-state index contributed by atoms with van der Waals surface area (Å²) in [4.78, 5) is 0. The van der Waals surface area contributed by atoms with Crippen molar-refractivity contribution in [3.05, 3.63) is 29.8 Å². The molecular weight excluding hydrogens is 224 g/mol. The topological polar surface area (TPSA) is 45.0 Å². The maximum Gasteiger partial charge on any atom is 0.174 e. The Morgan fingerprint density at radius 3 is 2.83 bits per heavy atom. The molecule has 0 amide bonds. The lowest BCUT2D eigenvalue weighted by atomic mass is 10.1. The standard InChI is InChI=1S/C15H22N2O/c1-13(2)6-5-10-17-12-14-7-3-4-8-15(14)18-11-9-16/h3-4,7-8,13,17H,5-6,10-12H2,1-2H3. The van der Waals surface area contributed by atoms with Gasteiger partial charge in [-0.05, 0) is 31.4 Å². The van der Waals surface area contributed by atoms with Crippen LogP contribution in [0.4, 0.5) is 0 Å². The average molecular weight is 246 g/mol. The number of ether oxygens (including phenoxy) is 1. The van der Waals surface area contributed by atoms with Crippen LogP contribution in [0.25, 0.3) is 0 Å². The summed E-state index contributed by atoms with van der Waals surface area (Å²) >= 11 is 0. The number of nitrogens with one attached hydrogen (secondary N) is 1. The van der Waals surface area contributed by atoms with Crippen LogP contribution in [0.5, 0.6) is 5.75 Å². The van der Waals surface area contributed by atoms with Crippen LogP contribution in [0.15, 0.2) is 24.3 Å². The number of hydrogen-bond acceptors (Lipinski definition) is 3. The second kappa shape index (κ2) is 8.54. The van der Waals surface area contributed by atoms with Gasteiger partial charge in [-0.3, -0.25) is 0 Å². The van der Waals surface area contributed by atoms with Gasteiger partial charge < -0.3 is 10.1 Å². The summed E-state index contributed by atoms with van der Waals surface area (Å²) in [5.74, 6) is 1.56. The van der Waals surface area contributed by atoms with Gasteiger partial charge in [-0.25, -0.2) is 0 Å². The minimum absolute atomic E-state index is 0.102. The molecule has 1 rings (SSSR count). The number of hydrogen-bond donors (Lipinski definition) is 1. The van der Waals surface area contributed by atoms with E-state index in [0.29, 0.717) is 0 Å². The SMILES string of the molecule is CC(C)CCCNCc1ccccc1OCC#N. The van der Waals surface area contributed by atoms with E-state index in [0.717, 1.165) is 30.3 Å². The molecule has 0 unspecified atom stereocenters. The van der Waals surface area contributed by atoms with Crippen molar-refractivity contribution < 1.29 is 4.74 Å². The molecule has 0 bridgehead atoms. The monoisotopic (exact) mass is 246 g/mol. The van der Waals surface area contributed by atoms with Crippen LogP contribution in [0, 0.1) is 17.2 Å². The predicted octanol–water partition coefficient (Wildman–Crippen LogP) is 3.11. The first-order chi connectivity index (χ1) is 8.74. The van der Waals surface area contributed by atoms with Gasteiger partial charge in [-0.2, -0.15) is 5.26 Å². The molecule has 0 saturated heterocycles. The number of benzene rings is 1. The summed E-state index contributed by atoms with van der Waals surface area (Å²) < 4.78 is 5.38. The van der Waals surface area contributed by atoms with Gasteiger partial charge in [-0.15, -0.1) is 0 Å². The average Bonchev–Trinajstić information content (AvgIpc) is 2.36. The van der Waals surface area contributed by atoms with Crippen LogP contribution >= 0.6 is 0 Å². The lowest BCUT2D eigenvalue weighted by Crippen LogP contribution is -2.16. The van der Waals surface area contributed by atoms with Crippen molar-refractivity contribution >= 4 is 0 Å². The molecule has 3 heteroatoms. The molecule has 0 fully saturated rings. The van der Waals surface area contributed by atoms with Gasteiger partial charge in [0.25, 0.3) is 0 Å². The maximum atomic E-state index is 8.53. The third kappa shape index (κ3) is 5.70. The Kier molecular flexibility index (Phi) is 6.90. The van der Waals surface area contributed by atoms with E-state index in [1.54, 1.807) is 0 Å². The Labute approximate surface area is 110 Å². The molecule has 0 aliphatic heterocycles. The van der Waals surface area contributed by atoms with Crippen LogP contribution in [-0.2, 0) is 6.54 Å². The zero-order valence-electron chi connectivity index (χ0n) is 11.3. The molecular formula is C15H22N2O. The highest BCUT2D eigenvalue weighted by atomic mass is 16.5. The van der Waals surface area contributed by atoms with Crippen LogP contribution in [-0.4, -0.2) is 13.2 Å². The third-order valence-electron chi connectivity index (χ3n) is 2.72. The molecule has 0 aliphatic carbocycles. The lowest BCUT2D eigenvalue weighted by Gasteiger charge is -2.10. The van der Waals surface area contributed by atoms with Crippen molar-refractivity contribution in [3.8, 4) is 11.8 Å². The molecule has 0 aromatic heterocycles. The molecule has 18 heavy (non-hydrogen) atoms. The number of para-hydroxylation sites is 1. The Morgan fingerprint density at radius 2 is 2.11 bits per heavy atom. The van der Waals surface area contributed by atoms with Crippen molar-refractivity contribution in [2.45, 2.75) is 33.2 Å². The predicted molar refractivity (Wildman–Crippen MR) is 73.3 cm³/mol. The van der Waals surface area contributed by atoms with Crippen LogP contribution < -0.4 is 10.1 Å². The highest BCUT2D eigenvalue weighted by molar-refractivity contribution is 5.33. The van der Waals surface area contributed by atoms with Gasteiger partial charge in [0.2, 0.25) is 0 Å². The molecule has 0 atom stereocenters. The molecule has 1 N–H and O–H groups in total. The molecule has 0 heterocycles. The summed E-state index contributed by atoms with van der Waals surface area (Å²) in [5, 5.41) is 11.9. The molecule has 0 radical (unpaired) electrons. The first kappa shape index (κ1) is 14.5. The van der Waals surface area contributed by atoms with E-state index in [1.165, 1.54) is 12.8 Å². The van der Waals surface area contributed by atoms with Crippen molar-refractivity contribution in [3.63, 3.8) is 0 Å². The molecule has 0 aliphatic rings. The zero-order valence-corrected chi connectivity index (χ0v) is 11.3. The molecule has 0 saturated carbocycles. The van der Waals surface area contributed by atoms with E-state index in [-0.39, 0.29) is 6.61 Å². The number of rotatable bonds is 8. The normalized spacial score (nSPS) is 10.3. The highest BCUT2D eigenvalue weighted by Gasteiger charge is 2.02. The Bertz CT molecular complexity index is 382. The molecule has 1 aromatic rings. The van der Waals surface area contributed by atoms with E-state index in [9.17, 15) is 0 Å². The van der Waals surface area contributed by atoms with Crippen molar-refractivity contribution in [2.75, 3.05) is 13.2 Å². The van der Waals surface area contributed by atoms with Crippen molar-refractivity contribution in [1.82, 2.24) is 5.32 Å². The molecule has 98 valence electrons. The van der Waals surface area contributed by atoms with Gasteiger partial charge in [0.15, 0.2) is 6.61 Å². The molecule has 0 spiro atoms. The quantitative estimate of drug-likeness (QED) is 0.717. The van der Waals surface area contributed by atoms with E-state index in [2.05, 4.69) is 19.2 Å². The minimum atomic E-state index is 0.102. The lowest BCUT2D eigenvalue weighted by molar-refractivity contribution is 0.362. The van der Waals surface area contributed by atoms with Gasteiger partial charge in [0, 0.05) is 12.1 Å².